The number of hydrogen-bond donors (Lipinski definition) is 5. The molecule has 0 saturated carbocycles. The number of aliphatic carboxylic acids is 1. The van der Waals surface area contributed by atoms with Crippen LogP contribution in [0, 0.1) is 5.92 Å². The number of H-pyrrole nitrogens is 1. The normalized spacial score (nSPS) is 12.9. The number of rotatable bonds is 16. The Morgan fingerprint density at radius 3 is 2.38 bits per heavy atom. The molecule has 2 heterocycles. The van der Waals surface area contributed by atoms with E-state index in [1.54, 1.807) is 38.1 Å². The Morgan fingerprint density at radius 1 is 1.02 bits per heavy atom. The highest BCUT2D eigenvalue weighted by atomic mass is 16.7. The second-order valence-corrected chi connectivity index (χ2v) is 9.36. The average Bonchev–Trinajstić information content (AvgIpc) is 3.67. The number of carbonyl (C=O) groups is 5. The van der Waals surface area contributed by atoms with Crippen molar-refractivity contribution in [3.8, 4) is 0 Å². The molecule has 3 unspecified atom stereocenters. The van der Waals surface area contributed by atoms with Gasteiger partial charge in [-0.15, -0.1) is 10.2 Å². The number of imidazole rings is 1. The Labute approximate surface area is 239 Å². The molecule has 42 heavy (non-hydrogen) atoms. The summed E-state index contributed by atoms with van der Waals surface area (Å²) < 4.78 is 5.22. The quantitative estimate of drug-likeness (QED) is 0.137. The van der Waals surface area contributed by atoms with Crippen molar-refractivity contribution in [1.29, 1.82) is 0 Å². The molecule has 17 heteroatoms. The number of tetrazole rings is 1. The number of ketones is 1. The molecule has 17 nitrogen and oxygen atoms in total. The summed E-state index contributed by atoms with van der Waals surface area (Å²) in [6.45, 7) is 2.70. The number of aromatic nitrogens is 6. The largest absolute Gasteiger partial charge is 0.481 e. The molecule has 224 valence electrons. The second-order valence-electron chi connectivity index (χ2n) is 9.36. The molecule has 0 aliphatic rings. The van der Waals surface area contributed by atoms with Gasteiger partial charge in [-0.25, -0.2) is 9.78 Å². The number of alkyl carbamates (subject to hydrolysis) is 1. The van der Waals surface area contributed by atoms with Crippen LogP contribution in [0.4, 0.5) is 4.79 Å². The van der Waals surface area contributed by atoms with Crippen molar-refractivity contribution in [2.24, 2.45) is 5.92 Å². The molecule has 0 aliphatic heterocycles. The fraction of sp³-hybridized carbons (Fsp3) is 0.400. The van der Waals surface area contributed by atoms with Crippen molar-refractivity contribution in [2.75, 3.05) is 6.61 Å². The number of nitrogens with zero attached hydrogens (tertiary/aromatic N) is 5. The van der Waals surface area contributed by atoms with Crippen molar-refractivity contribution in [2.45, 2.75) is 51.4 Å². The van der Waals surface area contributed by atoms with Crippen LogP contribution in [-0.4, -0.2) is 89.8 Å². The third-order valence-electron chi connectivity index (χ3n) is 5.78. The molecule has 0 fully saturated rings. The van der Waals surface area contributed by atoms with Gasteiger partial charge in [-0.05, 0) is 16.7 Å². The van der Waals surface area contributed by atoms with Crippen LogP contribution >= 0.6 is 0 Å². The standard InChI is InChI=1S/C25H31N9O8/c1-15(2)22(32-25(40)41-11-16-6-4-3-5-7-16)24(39)31-19(8-17-10-26-13-27-17)23(38)30-18(9-21(36)37)20(35)12-42-34-29-14-28-33-34/h3-7,10,13-15,18-19,22H,8-9,11-12H2,1-2H3,(H,26,27)(H,30,38)(H,31,39)(H,32,40)(H,36,37). The number of carbonyl (C=O) groups excluding carboxylic acids is 4. The van der Waals surface area contributed by atoms with Crippen LogP contribution in [0.1, 0.15) is 31.5 Å². The fourth-order valence-corrected chi connectivity index (χ4v) is 3.64. The van der Waals surface area contributed by atoms with E-state index < -0.39 is 66.7 Å². The first-order valence-corrected chi connectivity index (χ1v) is 12.8. The Morgan fingerprint density at radius 2 is 1.76 bits per heavy atom. The number of carboxylic acids is 1. The number of carboxylic acid groups (broad SMARTS) is 1. The van der Waals surface area contributed by atoms with E-state index in [4.69, 9.17) is 9.57 Å². The maximum absolute atomic E-state index is 13.3. The number of hydrogen-bond acceptors (Lipinski definition) is 11. The Kier molecular flexibility index (Phi) is 11.5. The van der Waals surface area contributed by atoms with E-state index in [1.165, 1.54) is 12.5 Å². The van der Waals surface area contributed by atoms with E-state index in [0.717, 1.165) is 11.9 Å². The minimum atomic E-state index is -1.51. The number of benzene rings is 1. The number of ether oxygens (including phenoxy) is 1. The molecule has 0 aliphatic carbocycles. The molecular formula is C25H31N9O8. The van der Waals surface area contributed by atoms with Crippen molar-refractivity contribution in [3.05, 3.63) is 60.4 Å². The second kappa shape index (κ2) is 15.4. The van der Waals surface area contributed by atoms with Crippen LogP contribution in [-0.2, 0) is 36.9 Å². The van der Waals surface area contributed by atoms with Crippen LogP contribution in [0.3, 0.4) is 0 Å². The Hall–Kier alpha value is -5.35. The van der Waals surface area contributed by atoms with E-state index in [0.29, 0.717) is 10.7 Å². The first-order chi connectivity index (χ1) is 20.1. The average molecular weight is 586 g/mol. The molecule has 0 saturated heterocycles. The van der Waals surface area contributed by atoms with Crippen molar-refractivity contribution in [3.63, 3.8) is 0 Å². The van der Waals surface area contributed by atoms with Gasteiger partial charge in [-0.1, -0.05) is 44.2 Å². The minimum Gasteiger partial charge on any atom is -0.481 e. The summed E-state index contributed by atoms with van der Waals surface area (Å²) in [5, 5.41) is 27.2. The molecule has 5 N–H and O–H groups in total. The van der Waals surface area contributed by atoms with E-state index in [2.05, 4.69) is 41.3 Å². The van der Waals surface area contributed by atoms with Crippen molar-refractivity contribution < 1.29 is 38.7 Å². The van der Waals surface area contributed by atoms with Crippen molar-refractivity contribution in [1.82, 2.24) is 46.3 Å². The summed E-state index contributed by atoms with van der Waals surface area (Å²) in [7, 11) is 0. The third kappa shape index (κ3) is 10.00. The highest BCUT2D eigenvalue weighted by molar-refractivity contribution is 5.96. The molecule has 1 aromatic carbocycles. The summed E-state index contributed by atoms with van der Waals surface area (Å²) in [5.41, 5.74) is 1.22. The van der Waals surface area contributed by atoms with Gasteiger partial charge in [0.1, 0.15) is 24.7 Å². The number of Topliss-reactive ketones (excluding diaryl/α,β-unsaturated/α-hetero) is 1. The molecule has 3 amide bonds. The molecule has 0 bridgehead atoms. The first-order valence-electron chi connectivity index (χ1n) is 12.8. The minimum absolute atomic E-state index is 0.0142. The fourth-order valence-electron chi connectivity index (χ4n) is 3.64. The zero-order chi connectivity index (χ0) is 30.5. The van der Waals surface area contributed by atoms with Crippen LogP contribution in [0.5, 0.6) is 0 Å². The Bertz CT molecular complexity index is 1320. The zero-order valence-corrected chi connectivity index (χ0v) is 22.8. The van der Waals surface area contributed by atoms with Crippen molar-refractivity contribution >= 4 is 29.7 Å². The monoisotopic (exact) mass is 585 g/mol. The molecule has 3 rings (SSSR count). The van der Waals surface area contributed by atoms with E-state index >= 15 is 0 Å². The lowest BCUT2D eigenvalue weighted by Gasteiger charge is -2.26. The highest BCUT2D eigenvalue weighted by Gasteiger charge is 2.32. The van der Waals surface area contributed by atoms with E-state index in [-0.39, 0.29) is 13.0 Å². The van der Waals surface area contributed by atoms with Gasteiger partial charge < -0.3 is 35.6 Å². The van der Waals surface area contributed by atoms with Gasteiger partial charge in [-0.2, -0.15) is 0 Å². The summed E-state index contributed by atoms with van der Waals surface area (Å²) >= 11 is 0. The number of nitrogens with one attached hydrogen (secondary N) is 4. The molecule has 0 spiro atoms. The van der Waals surface area contributed by atoms with Crippen LogP contribution in [0.25, 0.3) is 0 Å². The van der Waals surface area contributed by atoms with Crippen LogP contribution < -0.4 is 20.8 Å². The van der Waals surface area contributed by atoms with Gasteiger partial charge in [0.15, 0.2) is 18.7 Å². The number of aromatic amines is 1. The summed E-state index contributed by atoms with van der Waals surface area (Å²) in [6.07, 6.45) is 2.19. The molecule has 3 atom stereocenters. The molecule has 2 aromatic heterocycles. The lowest BCUT2D eigenvalue weighted by Crippen LogP contribution is -2.58. The zero-order valence-electron chi connectivity index (χ0n) is 22.8. The predicted octanol–water partition coefficient (Wildman–Crippen LogP) is -0.968. The molecule has 3 aromatic rings. The molecule has 0 radical (unpaired) electrons. The summed E-state index contributed by atoms with van der Waals surface area (Å²) in [5.74, 6) is -4.13. The lowest BCUT2D eigenvalue weighted by atomic mass is 10.0. The van der Waals surface area contributed by atoms with Gasteiger partial charge in [0.25, 0.3) is 0 Å². The summed E-state index contributed by atoms with van der Waals surface area (Å²) in [4.78, 5) is 75.5. The van der Waals surface area contributed by atoms with Gasteiger partial charge in [0, 0.05) is 23.3 Å². The van der Waals surface area contributed by atoms with Gasteiger partial charge in [-0.3, -0.25) is 19.2 Å². The maximum Gasteiger partial charge on any atom is 0.408 e. The molecular weight excluding hydrogens is 554 g/mol. The van der Waals surface area contributed by atoms with Crippen LogP contribution in [0.15, 0.2) is 49.2 Å². The summed E-state index contributed by atoms with van der Waals surface area (Å²) in [6, 6.07) is 5.07. The van der Waals surface area contributed by atoms with Gasteiger partial charge in [0.2, 0.25) is 11.8 Å². The van der Waals surface area contributed by atoms with Crippen LogP contribution in [0.2, 0.25) is 0 Å². The van der Waals surface area contributed by atoms with Gasteiger partial charge >= 0.3 is 12.1 Å². The predicted molar refractivity (Wildman–Crippen MR) is 141 cm³/mol. The lowest BCUT2D eigenvalue weighted by molar-refractivity contribution is -0.142. The topological polar surface area (TPSA) is 232 Å². The van der Waals surface area contributed by atoms with E-state index in [9.17, 15) is 29.1 Å². The highest BCUT2D eigenvalue weighted by Crippen LogP contribution is 2.08. The smallest absolute Gasteiger partial charge is 0.408 e. The Balaban J connectivity index is 1.69. The van der Waals surface area contributed by atoms with E-state index in [1.807, 2.05) is 6.07 Å². The number of amides is 3. The maximum atomic E-state index is 13.3. The van der Waals surface area contributed by atoms with Gasteiger partial charge in [0.05, 0.1) is 12.7 Å². The first kappa shape index (κ1) is 31.2. The SMILES string of the molecule is CC(C)C(NC(=O)OCc1ccccc1)C(=O)NC(Cc1cnc[nH]1)C(=O)NC(CC(=O)O)C(=O)COn1ncnn1. The third-order valence-corrected chi connectivity index (χ3v) is 5.78.